The molecule has 2 amide bonds. The molecule has 0 aliphatic rings. The summed E-state index contributed by atoms with van der Waals surface area (Å²) in [4.78, 5) is 11.3. The predicted molar refractivity (Wildman–Crippen MR) is 82.4 cm³/mol. The summed E-state index contributed by atoms with van der Waals surface area (Å²) in [6, 6.07) is 5.18. The van der Waals surface area contributed by atoms with Gasteiger partial charge < -0.3 is 20.5 Å². The summed E-state index contributed by atoms with van der Waals surface area (Å²) >= 11 is 9.33. The number of hydrogen-bond donors (Lipinski definition) is 3. The Kier molecular flexibility index (Phi) is 8.41. The van der Waals surface area contributed by atoms with Gasteiger partial charge in [0.15, 0.2) is 0 Å². The van der Waals surface area contributed by atoms with E-state index >= 15 is 0 Å². The van der Waals surface area contributed by atoms with Crippen LogP contribution in [0, 0.1) is 0 Å². The molecule has 0 radical (unpaired) electrons. The zero-order valence-corrected chi connectivity index (χ0v) is 13.3. The Bertz CT molecular complexity index is 432. The number of urea groups is 1. The number of ether oxygens (including phenoxy) is 1. The van der Waals surface area contributed by atoms with Crippen molar-refractivity contribution in [3.63, 3.8) is 0 Å². The summed E-state index contributed by atoms with van der Waals surface area (Å²) in [7, 11) is 0. The molecule has 0 aliphatic heterocycles. The Balaban J connectivity index is 2.11. The van der Waals surface area contributed by atoms with Gasteiger partial charge in [-0.3, -0.25) is 0 Å². The number of amides is 2. The van der Waals surface area contributed by atoms with Crippen LogP contribution in [0.25, 0.3) is 0 Å². The first-order valence-electron chi connectivity index (χ1n) is 6.34. The highest BCUT2D eigenvalue weighted by molar-refractivity contribution is 9.10. The lowest BCUT2D eigenvalue weighted by atomic mass is 10.3. The number of aliphatic hydroxyl groups excluding tert-OH is 1. The van der Waals surface area contributed by atoms with Crippen molar-refractivity contribution >= 4 is 33.6 Å². The fraction of sp³-hybridized carbons (Fsp3) is 0.462. The summed E-state index contributed by atoms with van der Waals surface area (Å²) in [6.45, 7) is 1.52. The number of carbonyl (C=O) groups is 1. The third kappa shape index (κ3) is 6.98. The Hall–Kier alpha value is -0.980. The van der Waals surface area contributed by atoms with Gasteiger partial charge in [-0.25, -0.2) is 4.79 Å². The van der Waals surface area contributed by atoms with Crippen molar-refractivity contribution in [2.24, 2.45) is 0 Å². The van der Waals surface area contributed by atoms with Crippen molar-refractivity contribution in [3.8, 4) is 5.75 Å². The Morgan fingerprint density at radius 1 is 1.30 bits per heavy atom. The van der Waals surface area contributed by atoms with Crippen molar-refractivity contribution in [3.05, 3.63) is 27.7 Å². The van der Waals surface area contributed by atoms with E-state index in [0.29, 0.717) is 43.3 Å². The number of benzene rings is 1. The molecule has 7 heteroatoms. The van der Waals surface area contributed by atoms with Crippen LogP contribution in [0.3, 0.4) is 0 Å². The second-order valence-corrected chi connectivity index (χ2v) is 5.36. The largest absolute Gasteiger partial charge is 0.492 e. The third-order valence-electron chi connectivity index (χ3n) is 2.38. The molecule has 0 atom stereocenters. The molecule has 5 nitrogen and oxygen atoms in total. The minimum absolute atomic E-state index is 0.0715. The minimum Gasteiger partial charge on any atom is -0.492 e. The van der Waals surface area contributed by atoms with E-state index in [1.54, 1.807) is 12.1 Å². The molecular weight excluding hydrogens is 348 g/mol. The van der Waals surface area contributed by atoms with Crippen LogP contribution in [0.1, 0.15) is 12.8 Å². The molecule has 0 bridgehead atoms. The SMILES string of the molecule is O=C(NCCCO)NCCCOc1ccc(Br)cc1Cl. The number of aliphatic hydroxyl groups is 1. The minimum atomic E-state index is -0.236. The average Bonchev–Trinajstić information content (AvgIpc) is 2.41. The van der Waals surface area contributed by atoms with Gasteiger partial charge in [0.25, 0.3) is 0 Å². The van der Waals surface area contributed by atoms with Gasteiger partial charge in [-0.15, -0.1) is 0 Å². The Morgan fingerprint density at radius 3 is 2.65 bits per heavy atom. The molecule has 1 aromatic rings. The summed E-state index contributed by atoms with van der Waals surface area (Å²) < 4.78 is 6.41. The summed E-state index contributed by atoms with van der Waals surface area (Å²) in [5.74, 6) is 0.627. The highest BCUT2D eigenvalue weighted by atomic mass is 79.9. The fourth-order valence-electron chi connectivity index (χ4n) is 1.39. The van der Waals surface area contributed by atoms with E-state index in [0.717, 1.165) is 4.47 Å². The highest BCUT2D eigenvalue weighted by Crippen LogP contribution is 2.27. The van der Waals surface area contributed by atoms with Crippen molar-refractivity contribution in [1.29, 1.82) is 0 Å². The lowest BCUT2D eigenvalue weighted by molar-refractivity contribution is 0.236. The Morgan fingerprint density at radius 2 is 2.00 bits per heavy atom. The molecule has 0 saturated heterocycles. The van der Waals surface area contributed by atoms with Crippen LogP contribution >= 0.6 is 27.5 Å². The zero-order chi connectivity index (χ0) is 14.8. The van der Waals surface area contributed by atoms with E-state index in [9.17, 15) is 4.79 Å². The molecule has 112 valence electrons. The van der Waals surface area contributed by atoms with E-state index in [-0.39, 0.29) is 12.6 Å². The fourth-order valence-corrected chi connectivity index (χ4v) is 2.12. The maximum absolute atomic E-state index is 11.3. The topological polar surface area (TPSA) is 70.6 Å². The van der Waals surface area contributed by atoms with E-state index in [1.165, 1.54) is 0 Å². The van der Waals surface area contributed by atoms with Crippen LogP contribution in [0.15, 0.2) is 22.7 Å². The van der Waals surface area contributed by atoms with Crippen LogP contribution < -0.4 is 15.4 Å². The molecule has 20 heavy (non-hydrogen) atoms. The summed E-state index contributed by atoms with van der Waals surface area (Å²) in [5, 5.41) is 14.5. The van der Waals surface area contributed by atoms with Gasteiger partial charge in [0, 0.05) is 24.2 Å². The molecule has 1 rings (SSSR count). The molecule has 1 aromatic carbocycles. The number of hydrogen-bond acceptors (Lipinski definition) is 3. The van der Waals surface area contributed by atoms with Crippen LogP contribution in [0.5, 0.6) is 5.75 Å². The van der Waals surface area contributed by atoms with Gasteiger partial charge in [-0.1, -0.05) is 27.5 Å². The van der Waals surface area contributed by atoms with Crippen LogP contribution in [-0.4, -0.2) is 37.4 Å². The molecule has 0 heterocycles. The molecule has 0 aromatic heterocycles. The molecule has 0 aliphatic carbocycles. The lowest BCUT2D eigenvalue weighted by Gasteiger charge is -2.09. The summed E-state index contributed by atoms with van der Waals surface area (Å²) in [5.41, 5.74) is 0. The normalized spacial score (nSPS) is 10.2. The standard InChI is InChI=1S/C13H18BrClN2O3/c14-10-3-4-12(11(15)9-10)20-8-2-6-17-13(19)16-5-1-7-18/h3-4,9,18H,1-2,5-8H2,(H2,16,17,19). The lowest BCUT2D eigenvalue weighted by Crippen LogP contribution is -2.37. The molecule has 0 fully saturated rings. The number of carbonyl (C=O) groups excluding carboxylic acids is 1. The number of halogens is 2. The maximum atomic E-state index is 11.3. The van der Waals surface area contributed by atoms with E-state index in [4.69, 9.17) is 21.4 Å². The Labute approximate surface area is 131 Å². The zero-order valence-electron chi connectivity index (χ0n) is 11.0. The first-order valence-corrected chi connectivity index (χ1v) is 7.51. The van der Waals surface area contributed by atoms with Gasteiger partial charge in [0.2, 0.25) is 0 Å². The second kappa shape index (κ2) is 9.85. The average molecular weight is 366 g/mol. The monoisotopic (exact) mass is 364 g/mol. The maximum Gasteiger partial charge on any atom is 0.314 e. The number of rotatable bonds is 8. The van der Waals surface area contributed by atoms with Gasteiger partial charge in [0.05, 0.1) is 11.6 Å². The molecular formula is C13H18BrClN2O3. The van der Waals surface area contributed by atoms with Crippen LogP contribution in [-0.2, 0) is 0 Å². The quantitative estimate of drug-likeness (QED) is 0.620. The summed E-state index contributed by atoms with van der Waals surface area (Å²) in [6.07, 6.45) is 1.23. The first-order chi connectivity index (χ1) is 9.63. The second-order valence-electron chi connectivity index (χ2n) is 4.04. The highest BCUT2D eigenvalue weighted by Gasteiger charge is 2.02. The van der Waals surface area contributed by atoms with Crippen molar-refractivity contribution in [2.45, 2.75) is 12.8 Å². The van der Waals surface area contributed by atoms with Crippen LogP contribution in [0.4, 0.5) is 4.79 Å². The molecule has 3 N–H and O–H groups in total. The van der Waals surface area contributed by atoms with Crippen molar-refractivity contribution in [1.82, 2.24) is 10.6 Å². The van der Waals surface area contributed by atoms with Crippen molar-refractivity contribution < 1.29 is 14.6 Å². The van der Waals surface area contributed by atoms with Crippen molar-refractivity contribution in [2.75, 3.05) is 26.3 Å². The van der Waals surface area contributed by atoms with E-state index in [2.05, 4.69) is 26.6 Å². The smallest absolute Gasteiger partial charge is 0.314 e. The van der Waals surface area contributed by atoms with E-state index < -0.39 is 0 Å². The molecule has 0 spiro atoms. The van der Waals surface area contributed by atoms with Crippen LogP contribution in [0.2, 0.25) is 5.02 Å². The van der Waals surface area contributed by atoms with E-state index in [1.807, 2.05) is 6.07 Å². The molecule has 0 unspecified atom stereocenters. The third-order valence-corrected chi connectivity index (χ3v) is 3.17. The van der Waals surface area contributed by atoms with Gasteiger partial charge in [0.1, 0.15) is 5.75 Å². The number of nitrogens with one attached hydrogen (secondary N) is 2. The van der Waals surface area contributed by atoms with Gasteiger partial charge >= 0.3 is 6.03 Å². The van der Waals surface area contributed by atoms with Gasteiger partial charge in [-0.2, -0.15) is 0 Å². The molecule has 0 saturated carbocycles. The van der Waals surface area contributed by atoms with Gasteiger partial charge in [-0.05, 0) is 31.0 Å². The first kappa shape index (κ1) is 17.1. The predicted octanol–water partition coefficient (Wildman–Crippen LogP) is 2.55.